The number of carbonyl (C=O) groups excluding carboxylic acids is 1. The Hall–Kier alpha value is -1.40. The molecule has 1 aromatic rings. The third-order valence-electron chi connectivity index (χ3n) is 4.20. The lowest BCUT2D eigenvalue weighted by Gasteiger charge is -2.32. The summed E-state index contributed by atoms with van der Waals surface area (Å²) in [5, 5.41) is 10.9. The first-order valence-electron chi connectivity index (χ1n) is 7.22. The number of carbonyl (C=O) groups is 2. The van der Waals surface area contributed by atoms with Gasteiger partial charge in [0.1, 0.15) is 0 Å². The smallest absolute Gasteiger partial charge is 0.306 e. The summed E-state index contributed by atoms with van der Waals surface area (Å²) in [6.45, 7) is 3.49. The number of aliphatic carboxylic acids is 1. The number of hydrogen-bond acceptors (Lipinski definition) is 4. The normalized spacial score (nSPS) is 28.4. The highest BCUT2D eigenvalue weighted by Crippen LogP contribution is 2.51. The zero-order valence-corrected chi connectivity index (χ0v) is 12.8. The number of ether oxygens (including phenoxy) is 1. The van der Waals surface area contributed by atoms with E-state index in [0.717, 1.165) is 6.42 Å². The molecular weight excluding hydrogens is 290 g/mol. The molecule has 2 aliphatic rings. The van der Waals surface area contributed by atoms with Crippen LogP contribution in [0.5, 0.6) is 0 Å². The van der Waals surface area contributed by atoms with Crippen LogP contribution >= 0.6 is 11.3 Å². The molecule has 21 heavy (non-hydrogen) atoms. The Morgan fingerprint density at radius 1 is 1.52 bits per heavy atom. The standard InChI is InChI=1S/C15H19NO4S/c1-9-2-5-21-14(9)11-7-12(11)15(19)16-3-4-20-10(8-16)6-13(17)18/h2,5,10-12H,3-4,6-8H2,1H3,(H,17,18)/t10-,11+,12-/m0/s1. The molecule has 2 heterocycles. The second-order valence-corrected chi connectivity index (χ2v) is 6.74. The van der Waals surface area contributed by atoms with E-state index in [-0.39, 0.29) is 24.3 Å². The van der Waals surface area contributed by atoms with Crippen molar-refractivity contribution in [1.29, 1.82) is 0 Å². The highest BCUT2D eigenvalue weighted by molar-refractivity contribution is 7.10. The van der Waals surface area contributed by atoms with Crippen LogP contribution in [0.1, 0.15) is 29.2 Å². The minimum absolute atomic E-state index is 0.0398. The van der Waals surface area contributed by atoms with E-state index in [1.807, 2.05) is 0 Å². The van der Waals surface area contributed by atoms with Crippen LogP contribution in [0.15, 0.2) is 11.4 Å². The summed E-state index contributed by atoms with van der Waals surface area (Å²) in [5.41, 5.74) is 1.27. The molecule has 1 N–H and O–H groups in total. The first kappa shape index (κ1) is 14.5. The fourth-order valence-electron chi connectivity index (χ4n) is 2.99. The van der Waals surface area contributed by atoms with Crippen LogP contribution in [0, 0.1) is 12.8 Å². The third-order valence-corrected chi connectivity index (χ3v) is 5.35. The van der Waals surface area contributed by atoms with Crippen molar-refractivity contribution in [1.82, 2.24) is 4.90 Å². The van der Waals surface area contributed by atoms with Gasteiger partial charge in [0.15, 0.2) is 0 Å². The van der Waals surface area contributed by atoms with E-state index in [2.05, 4.69) is 18.4 Å². The number of rotatable bonds is 4. The molecule has 3 atom stereocenters. The number of thiophene rings is 1. The third kappa shape index (κ3) is 3.11. The monoisotopic (exact) mass is 309 g/mol. The van der Waals surface area contributed by atoms with Crippen LogP contribution in [0.4, 0.5) is 0 Å². The fourth-order valence-corrected chi connectivity index (χ4v) is 4.10. The molecule has 1 saturated heterocycles. The molecule has 114 valence electrons. The van der Waals surface area contributed by atoms with E-state index in [1.54, 1.807) is 16.2 Å². The predicted octanol–water partition coefficient (Wildman–Crippen LogP) is 1.86. The minimum Gasteiger partial charge on any atom is -0.481 e. The number of carboxylic acids is 1. The van der Waals surface area contributed by atoms with Crippen LogP contribution in [0.3, 0.4) is 0 Å². The van der Waals surface area contributed by atoms with Gasteiger partial charge in [-0.05, 0) is 30.4 Å². The second-order valence-electron chi connectivity index (χ2n) is 5.79. The van der Waals surface area contributed by atoms with Gasteiger partial charge in [0.05, 0.1) is 19.1 Å². The molecule has 0 bridgehead atoms. The van der Waals surface area contributed by atoms with Gasteiger partial charge < -0.3 is 14.7 Å². The average Bonchev–Trinajstić information content (AvgIpc) is 3.12. The lowest BCUT2D eigenvalue weighted by molar-refractivity contribution is -0.148. The lowest BCUT2D eigenvalue weighted by atomic mass is 10.1. The van der Waals surface area contributed by atoms with Gasteiger partial charge in [-0.15, -0.1) is 11.3 Å². The van der Waals surface area contributed by atoms with Gasteiger partial charge in [-0.2, -0.15) is 0 Å². The Morgan fingerprint density at radius 3 is 3.00 bits per heavy atom. The molecule has 3 rings (SSSR count). The Bertz CT molecular complexity index is 556. The van der Waals surface area contributed by atoms with Crippen LogP contribution in [-0.4, -0.2) is 47.7 Å². The van der Waals surface area contributed by atoms with Gasteiger partial charge in [0.2, 0.25) is 5.91 Å². The number of morpholine rings is 1. The van der Waals surface area contributed by atoms with Crippen LogP contribution in [-0.2, 0) is 14.3 Å². The van der Waals surface area contributed by atoms with Gasteiger partial charge in [-0.25, -0.2) is 0 Å². The lowest BCUT2D eigenvalue weighted by Crippen LogP contribution is -2.47. The van der Waals surface area contributed by atoms with Crippen LogP contribution in [0.25, 0.3) is 0 Å². The number of nitrogens with zero attached hydrogens (tertiary/aromatic N) is 1. The van der Waals surface area contributed by atoms with Crippen molar-refractivity contribution >= 4 is 23.2 Å². The average molecular weight is 309 g/mol. The molecule has 1 aromatic heterocycles. The van der Waals surface area contributed by atoms with E-state index >= 15 is 0 Å². The Morgan fingerprint density at radius 2 is 2.33 bits per heavy atom. The van der Waals surface area contributed by atoms with Crippen molar-refractivity contribution in [2.75, 3.05) is 19.7 Å². The summed E-state index contributed by atoms with van der Waals surface area (Å²) in [6.07, 6.45) is 0.504. The molecule has 6 heteroatoms. The zero-order chi connectivity index (χ0) is 15.0. The molecule has 0 aromatic carbocycles. The maximum atomic E-state index is 12.5. The van der Waals surface area contributed by atoms with Crippen LogP contribution < -0.4 is 0 Å². The van der Waals surface area contributed by atoms with E-state index in [0.29, 0.717) is 25.6 Å². The molecule has 1 amide bonds. The van der Waals surface area contributed by atoms with Crippen molar-refractivity contribution in [3.63, 3.8) is 0 Å². The van der Waals surface area contributed by atoms with Crippen molar-refractivity contribution in [3.8, 4) is 0 Å². The van der Waals surface area contributed by atoms with Gasteiger partial charge in [0, 0.05) is 29.8 Å². The Balaban J connectivity index is 1.59. The molecule has 0 unspecified atom stereocenters. The first-order valence-corrected chi connectivity index (χ1v) is 8.10. The van der Waals surface area contributed by atoms with Crippen molar-refractivity contribution in [3.05, 3.63) is 21.9 Å². The van der Waals surface area contributed by atoms with E-state index < -0.39 is 5.97 Å². The summed E-state index contributed by atoms with van der Waals surface area (Å²) >= 11 is 1.72. The van der Waals surface area contributed by atoms with E-state index in [9.17, 15) is 9.59 Å². The Labute approximate surface area is 127 Å². The van der Waals surface area contributed by atoms with Crippen molar-refractivity contribution in [2.24, 2.45) is 5.92 Å². The van der Waals surface area contributed by atoms with Gasteiger partial charge in [0.25, 0.3) is 0 Å². The quantitative estimate of drug-likeness (QED) is 0.922. The largest absolute Gasteiger partial charge is 0.481 e. The summed E-state index contributed by atoms with van der Waals surface area (Å²) in [7, 11) is 0. The number of carboxylic acid groups (broad SMARTS) is 1. The molecule has 5 nitrogen and oxygen atoms in total. The van der Waals surface area contributed by atoms with Gasteiger partial charge in [-0.1, -0.05) is 0 Å². The fraction of sp³-hybridized carbons (Fsp3) is 0.600. The van der Waals surface area contributed by atoms with E-state index in [4.69, 9.17) is 9.84 Å². The number of hydrogen-bond donors (Lipinski definition) is 1. The summed E-state index contributed by atoms with van der Waals surface area (Å²) in [4.78, 5) is 26.4. The number of amides is 1. The summed E-state index contributed by atoms with van der Waals surface area (Å²) in [6, 6.07) is 2.09. The van der Waals surface area contributed by atoms with Gasteiger partial charge in [-0.3, -0.25) is 9.59 Å². The first-order chi connectivity index (χ1) is 10.1. The molecule has 0 radical (unpaired) electrons. The van der Waals surface area contributed by atoms with Crippen LogP contribution in [0.2, 0.25) is 0 Å². The summed E-state index contributed by atoms with van der Waals surface area (Å²) in [5.74, 6) is -0.288. The topological polar surface area (TPSA) is 66.8 Å². The zero-order valence-electron chi connectivity index (χ0n) is 11.9. The minimum atomic E-state index is -0.882. The molecule has 1 saturated carbocycles. The molecular formula is C15H19NO4S. The highest BCUT2D eigenvalue weighted by atomic mass is 32.1. The highest BCUT2D eigenvalue weighted by Gasteiger charge is 2.47. The maximum Gasteiger partial charge on any atom is 0.306 e. The Kier molecular flexibility index (Phi) is 3.99. The van der Waals surface area contributed by atoms with Crippen molar-refractivity contribution < 1.29 is 19.4 Å². The predicted molar refractivity (Wildman–Crippen MR) is 78.5 cm³/mol. The molecule has 1 aliphatic heterocycles. The number of aryl methyl sites for hydroxylation is 1. The van der Waals surface area contributed by atoms with Crippen molar-refractivity contribution in [2.45, 2.75) is 31.8 Å². The SMILES string of the molecule is Cc1ccsc1[C@@H]1C[C@@H]1C(=O)N1CCO[C@@H](CC(=O)O)C1. The van der Waals surface area contributed by atoms with Gasteiger partial charge >= 0.3 is 5.97 Å². The molecule has 2 fully saturated rings. The van der Waals surface area contributed by atoms with E-state index in [1.165, 1.54) is 10.4 Å². The molecule has 0 spiro atoms. The second kappa shape index (κ2) is 5.77. The summed E-state index contributed by atoms with van der Waals surface area (Å²) < 4.78 is 5.41. The molecule has 1 aliphatic carbocycles. The maximum absolute atomic E-state index is 12.5.